The van der Waals surface area contributed by atoms with Gasteiger partial charge in [0.1, 0.15) is 103 Å². The van der Waals surface area contributed by atoms with Crippen molar-refractivity contribution in [2.75, 3.05) is 26.9 Å². The van der Waals surface area contributed by atoms with Gasteiger partial charge in [0.25, 0.3) is 0 Å². The van der Waals surface area contributed by atoms with E-state index >= 15 is 0 Å². The van der Waals surface area contributed by atoms with Crippen LogP contribution in [0.4, 0.5) is 0 Å². The monoisotopic (exact) mass is 1220 g/mol. The van der Waals surface area contributed by atoms with Crippen molar-refractivity contribution in [3.63, 3.8) is 0 Å². The van der Waals surface area contributed by atoms with E-state index in [9.17, 15) is 73.9 Å². The molecule has 0 radical (unpaired) electrons. The van der Waals surface area contributed by atoms with Gasteiger partial charge in [0.2, 0.25) is 10.4 Å². The molecule has 0 aromatic rings. The molecule has 0 aromatic heterocycles. The van der Waals surface area contributed by atoms with Crippen molar-refractivity contribution in [1.82, 2.24) is 0 Å². The molecule has 3 saturated carbocycles. The Bertz CT molecular complexity index is 2490. The Hall–Kier alpha value is -0.760. The number of ether oxygens (including phenoxy) is 11. The van der Waals surface area contributed by atoms with E-state index in [1.807, 2.05) is 34.6 Å². The first kappa shape index (κ1) is 66.7. The van der Waals surface area contributed by atoms with Crippen molar-refractivity contribution >= 4 is 16.4 Å². The van der Waals surface area contributed by atoms with Gasteiger partial charge in [-0.3, -0.25) is 8.98 Å². The van der Waals surface area contributed by atoms with Gasteiger partial charge in [0.15, 0.2) is 30.8 Å². The van der Waals surface area contributed by atoms with E-state index in [0.717, 1.165) is 5.57 Å². The van der Waals surface area contributed by atoms with E-state index in [1.165, 1.54) is 14.0 Å². The Morgan fingerprint density at radius 3 is 1.86 bits per heavy atom. The Labute approximate surface area is 504 Å². The summed E-state index contributed by atoms with van der Waals surface area (Å²) in [5.41, 5.74) is -6.53. The molecular weight excluding hydrogens is 1140 g/mol. The Morgan fingerprint density at radius 1 is 0.675 bits per heavy atom. The molecule has 83 heavy (non-hydrogen) atoms. The number of aliphatic hydroxyl groups excluding tert-OH is 10. The van der Waals surface area contributed by atoms with Gasteiger partial charge in [-0.05, 0) is 107 Å². The van der Waals surface area contributed by atoms with Crippen molar-refractivity contribution in [1.29, 1.82) is 0 Å². The van der Waals surface area contributed by atoms with Crippen LogP contribution in [-0.2, 0) is 71.5 Å². The molecular formula is C54H85NaO27S. The number of cyclic esters (lactones) is 1. The fraction of sp³-hybridized carbons (Fsp3) is 0.944. The number of carbonyl (C=O) groups is 1. The van der Waals surface area contributed by atoms with Crippen LogP contribution in [0.3, 0.4) is 0 Å². The van der Waals surface area contributed by atoms with Crippen LogP contribution in [0.15, 0.2) is 11.6 Å². The zero-order valence-corrected chi connectivity index (χ0v) is 51.4. The van der Waals surface area contributed by atoms with Crippen LogP contribution in [0.25, 0.3) is 0 Å². The van der Waals surface area contributed by atoms with Gasteiger partial charge in [0, 0.05) is 7.11 Å². The summed E-state index contributed by atoms with van der Waals surface area (Å²) >= 11 is 0. The summed E-state index contributed by atoms with van der Waals surface area (Å²) < 4.78 is 106. The number of hydrogen-bond donors (Lipinski definition) is 11. The first-order chi connectivity index (χ1) is 38.2. The second-order valence-corrected chi connectivity index (χ2v) is 27.5. The van der Waals surface area contributed by atoms with Crippen LogP contribution in [-0.4, -0.2) is 254 Å². The summed E-state index contributed by atoms with van der Waals surface area (Å²) in [7, 11) is -4.27. The summed E-state index contributed by atoms with van der Waals surface area (Å²) in [5.74, 6) is -0.989. The van der Waals surface area contributed by atoms with Gasteiger partial charge in [-0.15, -0.1) is 0 Å². The first-order valence-corrected chi connectivity index (χ1v) is 29.9. The number of methoxy groups -OCH3 is 1. The Balaban J connectivity index is 0.00000828. The standard InChI is InChI=1S/C54H86O27S.Na/c1-22-39(76-45-38(64)41(33(59)26(20-56)74-45)77-44-37(63)40(70-9)32(58)25(19-55)73-44)35(61)36(62)43(72-22)78-42-34(60)27(81-82(67,68)69)21-71-46(42)75-30-13-15-50(6)24-18-29(57)54-47(65)80-52(8,31-12-14-48(2,3)79-31)53(54,66)17-16-51(54,7)23(24)10-11-28(50)49(30,4)5;/h18,22-23,25-46,55-64,66H,10-17,19-21H2,1-9H3,(H,67,68,69);/q;+1/p-1/t22-,23-,25-,26-,27-,28+,29+,30+,31+,32-,33-,34+,35-,36-,37-,38-,39-,40+,41+,42-,43+,44+,45+,46+,50-,51+,52+,53+,54-;/m1./s1. The third-order valence-corrected chi connectivity index (χ3v) is 21.8. The average molecular weight is 1220 g/mol. The second kappa shape index (κ2) is 23.5. The van der Waals surface area contributed by atoms with Crippen LogP contribution in [0.2, 0.25) is 0 Å². The molecule has 10 aliphatic rings. The molecule has 29 atom stereocenters. The predicted octanol–water partition coefficient (Wildman–Crippen LogP) is -5.60. The maximum atomic E-state index is 14.7. The Kier molecular flexibility index (Phi) is 18.9. The van der Waals surface area contributed by atoms with Gasteiger partial charge >= 0.3 is 35.5 Å². The van der Waals surface area contributed by atoms with Crippen molar-refractivity contribution < 1.29 is 160 Å². The molecule has 470 valence electrons. The van der Waals surface area contributed by atoms with Crippen LogP contribution in [0.5, 0.6) is 0 Å². The Morgan fingerprint density at radius 2 is 1.27 bits per heavy atom. The zero-order valence-electron chi connectivity index (χ0n) is 48.6. The summed E-state index contributed by atoms with van der Waals surface area (Å²) in [5, 5.41) is 125. The molecule has 4 aliphatic carbocycles. The number of allylic oxidation sites excluding steroid dienone is 1. The maximum absolute atomic E-state index is 14.7. The normalized spacial score (nSPS) is 53.0. The van der Waals surface area contributed by atoms with E-state index in [1.54, 1.807) is 13.0 Å². The van der Waals surface area contributed by atoms with E-state index in [2.05, 4.69) is 11.1 Å². The maximum Gasteiger partial charge on any atom is 1.00 e. The minimum Gasteiger partial charge on any atom is -0.726 e. The smallest absolute Gasteiger partial charge is 0.726 e. The molecule has 29 heteroatoms. The molecule has 6 saturated heterocycles. The fourth-order valence-corrected chi connectivity index (χ4v) is 17.4. The van der Waals surface area contributed by atoms with Gasteiger partial charge in [0.05, 0.1) is 43.7 Å². The first-order valence-electron chi connectivity index (χ1n) is 28.6. The second-order valence-electron chi connectivity index (χ2n) is 26.5. The van der Waals surface area contributed by atoms with Crippen LogP contribution >= 0.6 is 0 Å². The average Bonchev–Trinajstić information content (AvgIpc) is 1.51. The van der Waals surface area contributed by atoms with E-state index in [-0.39, 0.29) is 47.8 Å². The predicted molar refractivity (Wildman–Crippen MR) is 271 cm³/mol. The third kappa shape index (κ3) is 10.5. The minimum atomic E-state index is -5.44. The molecule has 6 aliphatic heterocycles. The number of aliphatic hydroxyl groups is 11. The number of fused-ring (bicyclic) bond motifs is 4. The molecule has 10 rings (SSSR count). The number of esters is 1. The van der Waals surface area contributed by atoms with Crippen LogP contribution in [0.1, 0.15) is 107 Å². The number of rotatable bonds is 14. The molecule has 27 nitrogen and oxygen atoms in total. The van der Waals surface area contributed by atoms with E-state index in [0.29, 0.717) is 44.9 Å². The van der Waals surface area contributed by atoms with Crippen LogP contribution < -0.4 is 29.6 Å². The van der Waals surface area contributed by atoms with E-state index in [4.69, 9.17) is 52.1 Å². The van der Waals surface area contributed by atoms with Crippen molar-refractivity contribution in [2.24, 2.45) is 33.5 Å². The summed E-state index contributed by atoms with van der Waals surface area (Å²) in [6.07, 6.45) is -29.4. The SMILES string of the molecule is CO[C@@H]1[C@@H](O)[C@H](O[C@@H]2[C@@H](O)[C@H](O[C@H]3[C@H](O)[C@@H](O)[C@H](O[C@H]4[C@H](O[C@H]5CC[C@]6(C)C7=C[C@H](O)[C@]89C(=O)O[C@@](C)([C@@H]%10CCC(C)(C)O%10)[C@@]8(O)CC[C@@]9(C)[C@@H]7CC[C@H]6C5(C)C)OC[C@@H](OS(=O)(=O)[O-])[C@@H]4O)O[C@@H]3C)O[C@H](CO)[C@H]2O)O[C@H](CO)[C@H]1O.[Na+]. The van der Waals surface area contributed by atoms with Crippen LogP contribution in [0, 0.1) is 33.5 Å². The molecule has 11 N–H and O–H groups in total. The number of hydrogen-bond acceptors (Lipinski definition) is 27. The largest absolute Gasteiger partial charge is 1.00 e. The molecule has 0 bridgehead atoms. The van der Waals surface area contributed by atoms with Gasteiger partial charge in [-0.1, -0.05) is 39.3 Å². The molecule has 0 unspecified atom stereocenters. The van der Waals surface area contributed by atoms with Gasteiger partial charge in [-0.25, -0.2) is 8.42 Å². The summed E-state index contributed by atoms with van der Waals surface area (Å²) in [6, 6.07) is 0. The topological polar surface area (TPSA) is 408 Å². The third-order valence-electron chi connectivity index (χ3n) is 21.4. The molecule has 6 heterocycles. The number of carbonyl (C=O) groups excluding carboxylic acids is 1. The molecule has 1 spiro atoms. The van der Waals surface area contributed by atoms with Crippen molar-refractivity contribution in [2.45, 2.75) is 259 Å². The molecule has 0 amide bonds. The fourth-order valence-electron chi connectivity index (χ4n) is 17.0. The van der Waals surface area contributed by atoms with Gasteiger partial charge < -0.3 is 113 Å². The summed E-state index contributed by atoms with van der Waals surface area (Å²) in [4.78, 5) is 14.7. The van der Waals surface area contributed by atoms with Crippen molar-refractivity contribution in [3.8, 4) is 0 Å². The van der Waals surface area contributed by atoms with Crippen molar-refractivity contribution in [3.05, 3.63) is 11.6 Å². The summed E-state index contributed by atoms with van der Waals surface area (Å²) in [6.45, 7) is 13.0. The van der Waals surface area contributed by atoms with E-state index < -0.39 is 210 Å². The zero-order chi connectivity index (χ0) is 60.0. The quantitative estimate of drug-likeness (QED) is 0.0193. The van der Waals surface area contributed by atoms with Gasteiger partial charge in [-0.2, -0.15) is 0 Å². The minimum absolute atomic E-state index is 0. The molecule has 9 fully saturated rings. The molecule has 0 aromatic carbocycles.